The van der Waals surface area contributed by atoms with Gasteiger partial charge in [-0.2, -0.15) is 0 Å². The Bertz CT molecular complexity index is 973. The molecule has 0 saturated carbocycles. The van der Waals surface area contributed by atoms with Crippen LogP contribution in [-0.4, -0.2) is 28.5 Å². The minimum absolute atomic E-state index is 0.266. The highest BCUT2D eigenvalue weighted by Crippen LogP contribution is 2.36. The van der Waals surface area contributed by atoms with Crippen LogP contribution in [0.25, 0.3) is 0 Å². The number of nitrogens with one attached hydrogen (secondary N) is 1. The molecule has 3 aromatic rings. The van der Waals surface area contributed by atoms with E-state index in [1.807, 2.05) is 12.1 Å². The van der Waals surface area contributed by atoms with Crippen LogP contribution in [0.3, 0.4) is 0 Å². The number of rotatable bonds is 5. The topological polar surface area (TPSA) is 58.1 Å². The summed E-state index contributed by atoms with van der Waals surface area (Å²) in [5, 5.41) is 2.83. The van der Waals surface area contributed by atoms with Crippen molar-refractivity contribution in [1.29, 1.82) is 0 Å². The molecule has 142 valence electrons. The van der Waals surface area contributed by atoms with Crippen LogP contribution in [0.4, 0.5) is 15.9 Å². The summed E-state index contributed by atoms with van der Waals surface area (Å²) in [6.07, 6.45) is 4.74. The number of amides is 1. The van der Waals surface area contributed by atoms with Crippen LogP contribution < -0.4 is 10.2 Å². The van der Waals surface area contributed by atoms with Crippen molar-refractivity contribution >= 4 is 17.4 Å². The van der Waals surface area contributed by atoms with E-state index in [-0.39, 0.29) is 17.4 Å². The van der Waals surface area contributed by atoms with Crippen LogP contribution in [0, 0.1) is 5.82 Å². The highest BCUT2D eigenvalue weighted by Gasteiger charge is 2.27. The van der Waals surface area contributed by atoms with Gasteiger partial charge in [-0.05, 0) is 49.1 Å². The van der Waals surface area contributed by atoms with Gasteiger partial charge in [0.25, 0.3) is 5.91 Å². The number of carbonyl (C=O) groups is 1. The Morgan fingerprint density at radius 2 is 1.93 bits per heavy atom. The average molecular weight is 376 g/mol. The Hall–Kier alpha value is -3.28. The minimum atomic E-state index is -0.268. The molecule has 0 aliphatic carbocycles. The number of aromatic nitrogens is 2. The largest absolute Gasteiger partial charge is 0.350 e. The molecule has 4 rings (SSSR count). The predicted molar refractivity (Wildman–Crippen MR) is 106 cm³/mol. The van der Waals surface area contributed by atoms with Gasteiger partial charge in [-0.15, -0.1) is 0 Å². The average Bonchev–Trinajstić information content (AvgIpc) is 3.05. The maximum absolute atomic E-state index is 12.9. The van der Waals surface area contributed by atoms with Gasteiger partial charge in [-0.3, -0.25) is 4.79 Å². The monoisotopic (exact) mass is 376 g/mol. The third-order valence-corrected chi connectivity index (χ3v) is 4.94. The molecule has 0 saturated heterocycles. The molecule has 0 spiro atoms. The van der Waals surface area contributed by atoms with Crippen LogP contribution >= 0.6 is 0 Å². The number of carbonyl (C=O) groups excluding carboxylic acids is 1. The van der Waals surface area contributed by atoms with E-state index in [0.29, 0.717) is 19.0 Å². The van der Waals surface area contributed by atoms with E-state index >= 15 is 0 Å². The lowest BCUT2D eigenvalue weighted by Crippen LogP contribution is -2.28. The number of benzene rings is 2. The molecule has 1 aliphatic rings. The summed E-state index contributed by atoms with van der Waals surface area (Å²) in [5.41, 5.74) is 3.67. The summed E-state index contributed by atoms with van der Waals surface area (Å²) >= 11 is 0. The summed E-state index contributed by atoms with van der Waals surface area (Å²) in [6.45, 7) is 2.60. The Morgan fingerprint density at radius 3 is 2.68 bits per heavy atom. The summed E-state index contributed by atoms with van der Waals surface area (Å²) in [6, 6.07) is 14.8. The minimum Gasteiger partial charge on any atom is -0.350 e. The van der Waals surface area contributed by atoms with E-state index in [0.717, 1.165) is 23.5 Å². The third kappa shape index (κ3) is 3.71. The SMILES string of the molecule is CC1Cc2ccccc2N1c1cnc(C(=O)NCCc2ccc(F)cc2)cn1. The zero-order valence-electron chi connectivity index (χ0n) is 15.6. The standard InChI is InChI=1S/C22H21FN4O/c1-15-12-17-4-2-3-5-20(17)27(15)21-14-25-19(13-26-21)22(28)24-11-10-16-6-8-18(23)9-7-16/h2-9,13-15H,10-12H2,1H3,(H,24,28). The van der Waals surface area contributed by atoms with E-state index < -0.39 is 0 Å². The van der Waals surface area contributed by atoms with Gasteiger partial charge in [-0.25, -0.2) is 14.4 Å². The Kier molecular flexibility index (Phi) is 5.02. The van der Waals surface area contributed by atoms with E-state index in [2.05, 4.69) is 39.2 Å². The summed E-state index contributed by atoms with van der Waals surface area (Å²) in [7, 11) is 0. The molecule has 5 nitrogen and oxygen atoms in total. The highest BCUT2D eigenvalue weighted by atomic mass is 19.1. The number of anilines is 2. The molecule has 1 aromatic heterocycles. The van der Waals surface area contributed by atoms with Gasteiger partial charge >= 0.3 is 0 Å². The zero-order valence-corrected chi connectivity index (χ0v) is 15.6. The zero-order chi connectivity index (χ0) is 19.5. The van der Waals surface area contributed by atoms with E-state index in [9.17, 15) is 9.18 Å². The van der Waals surface area contributed by atoms with Crippen molar-refractivity contribution in [3.8, 4) is 0 Å². The van der Waals surface area contributed by atoms with Crippen molar-refractivity contribution in [2.24, 2.45) is 0 Å². The van der Waals surface area contributed by atoms with Crippen molar-refractivity contribution in [3.05, 3.63) is 83.6 Å². The van der Waals surface area contributed by atoms with E-state index in [1.165, 1.54) is 23.9 Å². The molecule has 0 bridgehead atoms. The first-order chi connectivity index (χ1) is 13.6. The lowest BCUT2D eigenvalue weighted by Gasteiger charge is -2.23. The fourth-order valence-corrected chi connectivity index (χ4v) is 3.54. The predicted octanol–water partition coefficient (Wildman–Crippen LogP) is 3.67. The fraction of sp³-hybridized carbons (Fsp3) is 0.227. The summed E-state index contributed by atoms with van der Waals surface area (Å²) in [4.78, 5) is 23.2. The number of fused-ring (bicyclic) bond motifs is 1. The van der Waals surface area contributed by atoms with E-state index in [4.69, 9.17) is 0 Å². The molecule has 0 fully saturated rings. The van der Waals surface area contributed by atoms with Gasteiger partial charge in [0, 0.05) is 18.3 Å². The van der Waals surface area contributed by atoms with Gasteiger partial charge < -0.3 is 10.2 Å². The van der Waals surface area contributed by atoms with Crippen LogP contribution in [-0.2, 0) is 12.8 Å². The maximum atomic E-state index is 12.9. The third-order valence-electron chi connectivity index (χ3n) is 4.94. The van der Waals surface area contributed by atoms with Crippen LogP contribution in [0.2, 0.25) is 0 Å². The van der Waals surface area contributed by atoms with Gasteiger partial charge in [0.1, 0.15) is 11.5 Å². The van der Waals surface area contributed by atoms with Gasteiger partial charge in [-0.1, -0.05) is 30.3 Å². The normalized spacial score (nSPS) is 15.4. The molecule has 2 heterocycles. The number of hydrogen-bond acceptors (Lipinski definition) is 4. The van der Waals surface area contributed by atoms with Crippen molar-refractivity contribution in [2.45, 2.75) is 25.8 Å². The molecule has 28 heavy (non-hydrogen) atoms. The molecule has 6 heteroatoms. The first-order valence-electron chi connectivity index (χ1n) is 9.33. The van der Waals surface area contributed by atoms with Crippen LogP contribution in [0.1, 0.15) is 28.5 Å². The molecule has 0 radical (unpaired) electrons. The number of para-hydroxylation sites is 1. The Balaban J connectivity index is 1.39. The van der Waals surface area contributed by atoms with Gasteiger partial charge in [0.15, 0.2) is 5.82 Å². The Morgan fingerprint density at radius 1 is 1.14 bits per heavy atom. The molecule has 2 aromatic carbocycles. The van der Waals surface area contributed by atoms with Crippen LogP contribution in [0.15, 0.2) is 60.9 Å². The Labute approximate surface area is 163 Å². The summed E-state index contributed by atoms with van der Waals surface area (Å²) in [5.74, 6) is 0.203. The van der Waals surface area contributed by atoms with Crippen molar-refractivity contribution in [1.82, 2.24) is 15.3 Å². The lowest BCUT2D eigenvalue weighted by atomic mass is 10.1. The van der Waals surface area contributed by atoms with Crippen molar-refractivity contribution < 1.29 is 9.18 Å². The fourth-order valence-electron chi connectivity index (χ4n) is 3.54. The second-order valence-corrected chi connectivity index (χ2v) is 6.94. The first-order valence-corrected chi connectivity index (χ1v) is 9.33. The van der Waals surface area contributed by atoms with Crippen LogP contribution in [0.5, 0.6) is 0 Å². The highest BCUT2D eigenvalue weighted by molar-refractivity contribution is 5.92. The molecule has 1 N–H and O–H groups in total. The quantitative estimate of drug-likeness (QED) is 0.738. The molecular weight excluding hydrogens is 355 g/mol. The molecule has 1 amide bonds. The number of nitrogens with zero attached hydrogens (tertiary/aromatic N) is 3. The van der Waals surface area contributed by atoms with Gasteiger partial charge in [0.2, 0.25) is 0 Å². The van der Waals surface area contributed by atoms with Gasteiger partial charge in [0.05, 0.1) is 12.4 Å². The molecule has 1 aliphatic heterocycles. The number of halogens is 1. The smallest absolute Gasteiger partial charge is 0.271 e. The first kappa shape index (κ1) is 18.1. The number of hydrogen-bond donors (Lipinski definition) is 1. The molecular formula is C22H21FN4O. The molecule has 1 unspecified atom stereocenters. The second kappa shape index (κ2) is 7.76. The second-order valence-electron chi connectivity index (χ2n) is 6.94. The van der Waals surface area contributed by atoms with Crippen molar-refractivity contribution in [3.63, 3.8) is 0 Å². The van der Waals surface area contributed by atoms with E-state index in [1.54, 1.807) is 18.3 Å². The maximum Gasteiger partial charge on any atom is 0.271 e. The van der Waals surface area contributed by atoms with Crippen molar-refractivity contribution in [2.75, 3.05) is 11.4 Å². The summed E-state index contributed by atoms with van der Waals surface area (Å²) < 4.78 is 12.9. The lowest BCUT2D eigenvalue weighted by molar-refractivity contribution is 0.0949. The molecule has 1 atom stereocenters.